The quantitative estimate of drug-likeness (QED) is 0.696. The van der Waals surface area contributed by atoms with Gasteiger partial charge in [0.2, 0.25) is 0 Å². The Bertz CT molecular complexity index is 312. The van der Waals surface area contributed by atoms with Gasteiger partial charge in [-0.25, -0.2) is 4.98 Å². The van der Waals surface area contributed by atoms with Crippen molar-refractivity contribution in [2.45, 2.75) is 13.3 Å². The van der Waals surface area contributed by atoms with Crippen molar-refractivity contribution in [2.24, 2.45) is 5.73 Å². The molecule has 12 heavy (non-hydrogen) atoms. The van der Waals surface area contributed by atoms with Crippen LogP contribution in [0.2, 0.25) is 0 Å². The second-order valence-electron chi connectivity index (χ2n) is 2.67. The zero-order valence-corrected chi connectivity index (χ0v) is 7.04. The number of hydrogen-bond donors (Lipinski definition) is 1. The van der Waals surface area contributed by atoms with E-state index in [0.29, 0.717) is 12.2 Å². The lowest BCUT2D eigenvalue weighted by molar-refractivity contribution is 0.915. The lowest BCUT2D eigenvalue weighted by Gasteiger charge is -1.99. The predicted molar refractivity (Wildman–Crippen MR) is 46.4 cm³/mol. The van der Waals surface area contributed by atoms with Gasteiger partial charge in [0.15, 0.2) is 0 Å². The van der Waals surface area contributed by atoms with Crippen LogP contribution in [-0.4, -0.2) is 11.5 Å². The third-order valence-electron chi connectivity index (χ3n) is 1.54. The number of nitrogens with two attached hydrogens (primary N) is 1. The summed E-state index contributed by atoms with van der Waals surface area (Å²) < 4.78 is 0. The third kappa shape index (κ3) is 2.04. The van der Waals surface area contributed by atoms with Crippen molar-refractivity contribution < 1.29 is 0 Å². The molecule has 0 saturated carbocycles. The molecule has 1 heterocycles. The van der Waals surface area contributed by atoms with Gasteiger partial charge < -0.3 is 5.73 Å². The summed E-state index contributed by atoms with van der Waals surface area (Å²) in [6.07, 6.45) is 0.732. The van der Waals surface area contributed by atoms with Crippen LogP contribution in [0, 0.1) is 18.3 Å². The molecule has 0 radical (unpaired) electrons. The number of aromatic nitrogens is 1. The van der Waals surface area contributed by atoms with Crippen molar-refractivity contribution in [3.63, 3.8) is 0 Å². The summed E-state index contributed by atoms with van der Waals surface area (Å²) in [4.78, 5) is 4.10. The summed E-state index contributed by atoms with van der Waals surface area (Å²) in [5, 5.41) is 8.61. The number of nitriles is 1. The molecular weight excluding hydrogens is 150 g/mol. The molecule has 1 rings (SSSR count). The molecule has 2 N–H and O–H groups in total. The minimum absolute atomic E-state index is 0.471. The number of aryl methyl sites for hydroxylation is 1. The van der Waals surface area contributed by atoms with Gasteiger partial charge in [0.1, 0.15) is 11.8 Å². The first kappa shape index (κ1) is 8.69. The van der Waals surface area contributed by atoms with E-state index in [0.717, 1.165) is 17.7 Å². The van der Waals surface area contributed by atoms with Crippen LogP contribution in [0.25, 0.3) is 0 Å². The van der Waals surface area contributed by atoms with E-state index < -0.39 is 0 Å². The van der Waals surface area contributed by atoms with Crippen molar-refractivity contribution in [2.75, 3.05) is 6.54 Å². The van der Waals surface area contributed by atoms with Gasteiger partial charge in [-0.2, -0.15) is 5.26 Å². The highest BCUT2D eigenvalue weighted by Gasteiger charge is 1.98. The molecule has 0 saturated heterocycles. The smallest absolute Gasteiger partial charge is 0.141 e. The largest absolute Gasteiger partial charge is 0.330 e. The molecule has 0 unspecified atom stereocenters. The zero-order valence-electron chi connectivity index (χ0n) is 7.04. The number of hydrogen-bond acceptors (Lipinski definition) is 3. The Kier molecular flexibility index (Phi) is 2.78. The molecule has 0 aliphatic heterocycles. The van der Waals surface area contributed by atoms with Crippen molar-refractivity contribution in [3.8, 4) is 6.07 Å². The first-order chi connectivity index (χ1) is 5.76. The number of rotatable bonds is 2. The van der Waals surface area contributed by atoms with Gasteiger partial charge in [-0.1, -0.05) is 0 Å². The van der Waals surface area contributed by atoms with Crippen LogP contribution in [0.15, 0.2) is 12.1 Å². The monoisotopic (exact) mass is 161 g/mol. The Labute approximate surface area is 71.8 Å². The fraction of sp³-hybridized carbons (Fsp3) is 0.333. The lowest BCUT2D eigenvalue weighted by Crippen LogP contribution is -2.05. The van der Waals surface area contributed by atoms with E-state index in [-0.39, 0.29) is 0 Å². The van der Waals surface area contributed by atoms with Gasteiger partial charge in [0.25, 0.3) is 0 Å². The fourth-order valence-electron chi connectivity index (χ4n) is 1.07. The molecule has 0 aliphatic rings. The van der Waals surface area contributed by atoms with Gasteiger partial charge >= 0.3 is 0 Å². The predicted octanol–water partition coefficient (Wildman–Crippen LogP) is 0.763. The Morgan fingerprint density at radius 3 is 2.92 bits per heavy atom. The minimum atomic E-state index is 0.471. The first-order valence-electron chi connectivity index (χ1n) is 3.84. The molecule has 0 spiro atoms. The van der Waals surface area contributed by atoms with Crippen molar-refractivity contribution >= 4 is 0 Å². The lowest BCUT2D eigenvalue weighted by atomic mass is 10.2. The van der Waals surface area contributed by atoms with E-state index in [1.54, 1.807) is 6.07 Å². The summed E-state index contributed by atoms with van der Waals surface area (Å²) in [5.41, 5.74) is 7.81. The summed E-state index contributed by atoms with van der Waals surface area (Å²) in [6.45, 7) is 2.52. The maximum Gasteiger partial charge on any atom is 0.141 e. The summed E-state index contributed by atoms with van der Waals surface area (Å²) in [6, 6.07) is 5.73. The highest BCUT2D eigenvalue weighted by atomic mass is 14.7. The maximum absolute atomic E-state index is 8.61. The van der Waals surface area contributed by atoms with Gasteiger partial charge in [-0.15, -0.1) is 0 Å². The van der Waals surface area contributed by atoms with Crippen LogP contribution in [0.4, 0.5) is 0 Å². The second kappa shape index (κ2) is 3.84. The molecule has 62 valence electrons. The Morgan fingerprint density at radius 1 is 1.58 bits per heavy atom. The third-order valence-corrected chi connectivity index (χ3v) is 1.54. The van der Waals surface area contributed by atoms with Crippen molar-refractivity contribution in [3.05, 3.63) is 29.1 Å². The van der Waals surface area contributed by atoms with Crippen LogP contribution >= 0.6 is 0 Å². The molecule has 1 aromatic rings. The second-order valence-corrected chi connectivity index (χ2v) is 2.67. The van der Waals surface area contributed by atoms with Gasteiger partial charge in [0, 0.05) is 12.1 Å². The minimum Gasteiger partial charge on any atom is -0.330 e. The molecule has 0 atom stereocenters. The Hall–Kier alpha value is -1.40. The summed E-state index contributed by atoms with van der Waals surface area (Å²) in [7, 11) is 0. The molecule has 0 amide bonds. The average molecular weight is 161 g/mol. The summed E-state index contributed by atoms with van der Waals surface area (Å²) >= 11 is 0. The van der Waals surface area contributed by atoms with E-state index in [2.05, 4.69) is 4.98 Å². The highest BCUT2D eigenvalue weighted by Crippen LogP contribution is 2.04. The number of nitrogens with zero attached hydrogens (tertiary/aromatic N) is 2. The molecular formula is C9H11N3. The van der Waals surface area contributed by atoms with Crippen LogP contribution in [0.5, 0.6) is 0 Å². The molecule has 3 heteroatoms. The van der Waals surface area contributed by atoms with Gasteiger partial charge in [0.05, 0.1) is 0 Å². The molecule has 3 nitrogen and oxygen atoms in total. The first-order valence-corrected chi connectivity index (χ1v) is 3.84. The molecule has 0 fully saturated rings. The van der Waals surface area contributed by atoms with E-state index in [1.165, 1.54) is 0 Å². The molecule has 0 bridgehead atoms. The molecule has 0 aliphatic carbocycles. The summed E-state index contributed by atoms with van der Waals surface area (Å²) in [5.74, 6) is 0. The van der Waals surface area contributed by atoms with Crippen LogP contribution in [-0.2, 0) is 6.42 Å². The normalized spacial score (nSPS) is 9.42. The maximum atomic E-state index is 8.61. The zero-order chi connectivity index (χ0) is 8.97. The van der Waals surface area contributed by atoms with E-state index in [4.69, 9.17) is 11.0 Å². The van der Waals surface area contributed by atoms with E-state index in [1.807, 2.05) is 19.1 Å². The highest BCUT2D eigenvalue weighted by molar-refractivity contribution is 5.28. The van der Waals surface area contributed by atoms with E-state index in [9.17, 15) is 0 Å². The fourth-order valence-corrected chi connectivity index (χ4v) is 1.07. The van der Waals surface area contributed by atoms with Gasteiger partial charge in [-0.3, -0.25) is 0 Å². The average Bonchev–Trinajstić information content (AvgIpc) is 2.04. The Morgan fingerprint density at radius 2 is 2.33 bits per heavy atom. The van der Waals surface area contributed by atoms with Crippen molar-refractivity contribution in [1.29, 1.82) is 5.26 Å². The SMILES string of the molecule is Cc1cc(C#N)nc(CCN)c1. The van der Waals surface area contributed by atoms with Crippen LogP contribution in [0.3, 0.4) is 0 Å². The molecule has 0 aromatic carbocycles. The standard InChI is InChI=1S/C9H11N3/c1-7-4-8(2-3-10)12-9(5-7)6-11/h4-5H,2-3,10H2,1H3. The Balaban J connectivity index is 3.00. The topological polar surface area (TPSA) is 62.7 Å². The number of pyridine rings is 1. The van der Waals surface area contributed by atoms with Crippen LogP contribution < -0.4 is 5.73 Å². The van der Waals surface area contributed by atoms with Gasteiger partial charge in [-0.05, 0) is 31.2 Å². The van der Waals surface area contributed by atoms with Crippen molar-refractivity contribution in [1.82, 2.24) is 4.98 Å². The van der Waals surface area contributed by atoms with E-state index >= 15 is 0 Å². The van der Waals surface area contributed by atoms with Crippen LogP contribution in [0.1, 0.15) is 17.0 Å². The molecule has 1 aromatic heterocycles.